The highest BCUT2D eigenvalue weighted by atomic mass is 16.5. The third kappa shape index (κ3) is 5.12. The minimum absolute atomic E-state index is 0.276. The van der Waals surface area contributed by atoms with E-state index >= 15 is 0 Å². The number of phenolic OH excluding ortho intramolecular Hbond substituents is 1. The van der Waals surface area contributed by atoms with Gasteiger partial charge in [0.1, 0.15) is 18.1 Å². The highest BCUT2D eigenvalue weighted by molar-refractivity contribution is 5.29. The maximum atomic E-state index is 9.24. The van der Waals surface area contributed by atoms with Gasteiger partial charge < -0.3 is 15.2 Å². The molecule has 3 nitrogen and oxygen atoms in total. The zero-order valence-electron chi connectivity index (χ0n) is 12.7. The summed E-state index contributed by atoms with van der Waals surface area (Å²) in [6, 6.07) is 15.8. The van der Waals surface area contributed by atoms with E-state index in [-0.39, 0.29) is 5.75 Å². The van der Waals surface area contributed by atoms with E-state index in [4.69, 9.17) is 4.74 Å². The van der Waals surface area contributed by atoms with Crippen molar-refractivity contribution in [3.63, 3.8) is 0 Å². The fourth-order valence-electron chi connectivity index (χ4n) is 2.25. The first kappa shape index (κ1) is 15.4. The van der Waals surface area contributed by atoms with E-state index in [1.807, 2.05) is 24.3 Å². The van der Waals surface area contributed by atoms with Crippen LogP contribution in [0.3, 0.4) is 0 Å². The summed E-state index contributed by atoms with van der Waals surface area (Å²) in [7, 11) is 0. The number of rotatable bonds is 7. The number of aromatic hydroxyl groups is 1. The second-order valence-electron chi connectivity index (χ2n) is 5.26. The Morgan fingerprint density at radius 1 is 1.00 bits per heavy atom. The second kappa shape index (κ2) is 7.70. The number of benzene rings is 2. The molecule has 0 saturated heterocycles. The van der Waals surface area contributed by atoms with Gasteiger partial charge in [0.2, 0.25) is 0 Å². The highest BCUT2D eigenvalue weighted by Crippen LogP contribution is 2.16. The molecule has 2 aromatic rings. The topological polar surface area (TPSA) is 41.5 Å². The van der Waals surface area contributed by atoms with E-state index in [1.54, 1.807) is 12.1 Å². The highest BCUT2D eigenvalue weighted by Gasteiger charge is 2.02. The fourth-order valence-corrected chi connectivity index (χ4v) is 2.25. The number of phenols is 1. The molecule has 0 heterocycles. The van der Waals surface area contributed by atoms with Crippen molar-refractivity contribution in [3.8, 4) is 11.5 Å². The van der Waals surface area contributed by atoms with E-state index in [1.165, 1.54) is 5.56 Å². The first-order valence-corrected chi connectivity index (χ1v) is 7.40. The Morgan fingerprint density at radius 3 is 2.24 bits per heavy atom. The average molecular weight is 285 g/mol. The van der Waals surface area contributed by atoms with Crippen molar-refractivity contribution in [2.24, 2.45) is 0 Å². The van der Waals surface area contributed by atoms with E-state index in [0.717, 1.165) is 24.3 Å². The van der Waals surface area contributed by atoms with Gasteiger partial charge in [0.15, 0.2) is 0 Å². The van der Waals surface area contributed by atoms with E-state index in [0.29, 0.717) is 12.6 Å². The van der Waals surface area contributed by atoms with Crippen molar-refractivity contribution in [1.29, 1.82) is 0 Å². The summed E-state index contributed by atoms with van der Waals surface area (Å²) in [6.45, 7) is 5.82. The standard InChI is InChI=1S/C18H23NO2/c1-3-19-14(2)12-15-6-10-18(11-7-15)21-13-16-4-8-17(20)9-5-16/h4-11,14,19-20H,3,12-13H2,1-2H3. The number of nitrogens with one attached hydrogen (secondary N) is 1. The summed E-state index contributed by atoms with van der Waals surface area (Å²) >= 11 is 0. The second-order valence-corrected chi connectivity index (χ2v) is 5.26. The Kier molecular flexibility index (Phi) is 5.64. The molecular weight excluding hydrogens is 262 g/mol. The lowest BCUT2D eigenvalue weighted by atomic mass is 10.1. The van der Waals surface area contributed by atoms with Crippen LogP contribution in [0.1, 0.15) is 25.0 Å². The molecule has 0 bridgehead atoms. The SMILES string of the molecule is CCNC(C)Cc1ccc(OCc2ccc(O)cc2)cc1. The van der Waals surface area contributed by atoms with Gasteiger partial charge in [-0.15, -0.1) is 0 Å². The summed E-state index contributed by atoms with van der Waals surface area (Å²) in [5.74, 6) is 1.14. The molecule has 0 aliphatic carbocycles. The molecular formula is C18H23NO2. The molecule has 0 saturated carbocycles. The summed E-state index contributed by atoms with van der Waals surface area (Å²) < 4.78 is 5.74. The Bertz CT molecular complexity index is 534. The molecule has 0 fully saturated rings. The van der Waals surface area contributed by atoms with Crippen molar-refractivity contribution < 1.29 is 9.84 Å². The lowest BCUT2D eigenvalue weighted by Gasteiger charge is -2.12. The van der Waals surface area contributed by atoms with Crippen molar-refractivity contribution in [2.45, 2.75) is 32.9 Å². The zero-order chi connectivity index (χ0) is 15.1. The van der Waals surface area contributed by atoms with Gasteiger partial charge in [-0.25, -0.2) is 0 Å². The Balaban J connectivity index is 1.86. The Labute approximate surface area is 126 Å². The van der Waals surface area contributed by atoms with Gasteiger partial charge in [-0.05, 0) is 55.3 Å². The molecule has 0 radical (unpaired) electrons. The van der Waals surface area contributed by atoms with E-state index in [9.17, 15) is 5.11 Å². The fraction of sp³-hybridized carbons (Fsp3) is 0.333. The van der Waals surface area contributed by atoms with Crippen LogP contribution >= 0.6 is 0 Å². The van der Waals surface area contributed by atoms with Gasteiger partial charge >= 0.3 is 0 Å². The van der Waals surface area contributed by atoms with Crippen LogP contribution in [0.25, 0.3) is 0 Å². The molecule has 0 aliphatic rings. The van der Waals surface area contributed by atoms with Gasteiger partial charge in [-0.2, -0.15) is 0 Å². The average Bonchev–Trinajstić information content (AvgIpc) is 2.48. The van der Waals surface area contributed by atoms with Crippen LogP contribution < -0.4 is 10.1 Å². The maximum absolute atomic E-state index is 9.24. The molecule has 0 amide bonds. The number of hydrogen-bond donors (Lipinski definition) is 2. The third-order valence-corrected chi connectivity index (χ3v) is 3.36. The molecule has 0 aromatic heterocycles. The number of ether oxygens (including phenoxy) is 1. The van der Waals surface area contributed by atoms with Crippen molar-refractivity contribution in [3.05, 3.63) is 59.7 Å². The molecule has 0 spiro atoms. The van der Waals surface area contributed by atoms with Gasteiger partial charge in [0.25, 0.3) is 0 Å². The van der Waals surface area contributed by atoms with Crippen LogP contribution in [0, 0.1) is 0 Å². The molecule has 1 atom stereocenters. The normalized spacial score (nSPS) is 12.1. The summed E-state index contributed by atoms with van der Waals surface area (Å²) in [5.41, 5.74) is 2.35. The summed E-state index contributed by atoms with van der Waals surface area (Å²) in [6.07, 6.45) is 1.02. The summed E-state index contributed by atoms with van der Waals surface area (Å²) in [5, 5.41) is 12.6. The predicted octanol–water partition coefficient (Wildman–Crippen LogP) is 3.51. The molecule has 2 N–H and O–H groups in total. The molecule has 112 valence electrons. The number of likely N-dealkylation sites (N-methyl/N-ethyl adjacent to an activating group) is 1. The maximum Gasteiger partial charge on any atom is 0.119 e. The number of hydrogen-bond acceptors (Lipinski definition) is 3. The molecule has 1 unspecified atom stereocenters. The van der Waals surface area contributed by atoms with Crippen LogP contribution in [0.15, 0.2) is 48.5 Å². The zero-order valence-corrected chi connectivity index (χ0v) is 12.7. The van der Waals surface area contributed by atoms with Gasteiger partial charge in [-0.3, -0.25) is 0 Å². The van der Waals surface area contributed by atoms with Crippen molar-refractivity contribution >= 4 is 0 Å². The molecule has 2 rings (SSSR count). The molecule has 0 aliphatic heterocycles. The van der Waals surface area contributed by atoms with Gasteiger partial charge in [-0.1, -0.05) is 31.2 Å². The Hall–Kier alpha value is -2.00. The van der Waals surface area contributed by atoms with Crippen LogP contribution in [-0.2, 0) is 13.0 Å². The van der Waals surface area contributed by atoms with Gasteiger partial charge in [0.05, 0.1) is 0 Å². The monoisotopic (exact) mass is 285 g/mol. The van der Waals surface area contributed by atoms with Crippen LogP contribution in [0.5, 0.6) is 11.5 Å². The van der Waals surface area contributed by atoms with Crippen LogP contribution in [0.2, 0.25) is 0 Å². The molecule has 2 aromatic carbocycles. The molecule has 3 heteroatoms. The first-order chi connectivity index (χ1) is 10.2. The minimum Gasteiger partial charge on any atom is -0.508 e. The largest absolute Gasteiger partial charge is 0.508 e. The summed E-state index contributed by atoms with van der Waals surface area (Å²) in [4.78, 5) is 0. The van der Waals surface area contributed by atoms with Crippen molar-refractivity contribution in [1.82, 2.24) is 5.32 Å². The lowest BCUT2D eigenvalue weighted by molar-refractivity contribution is 0.306. The Morgan fingerprint density at radius 2 is 1.62 bits per heavy atom. The predicted molar refractivity (Wildman–Crippen MR) is 85.7 cm³/mol. The third-order valence-electron chi connectivity index (χ3n) is 3.36. The molecule has 21 heavy (non-hydrogen) atoms. The van der Waals surface area contributed by atoms with Crippen LogP contribution in [-0.4, -0.2) is 17.7 Å². The van der Waals surface area contributed by atoms with E-state index < -0.39 is 0 Å². The van der Waals surface area contributed by atoms with E-state index in [2.05, 4.69) is 31.3 Å². The lowest BCUT2D eigenvalue weighted by Crippen LogP contribution is -2.27. The first-order valence-electron chi connectivity index (χ1n) is 7.40. The minimum atomic E-state index is 0.276. The smallest absolute Gasteiger partial charge is 0.119 e. The quantitative estimate of drug-likeness (QED) is 0.818. The van der Waals surface area contributed by atoms with Crippen molar-refractivity contribution in [2.75, 3.05) is 6.54 Å². The van der Waals surface area contributed by atoms with Gasteiger partial charge in [0, 0.05) is 6.04 Å². The van der Waals surface area contributed by atoms with Crippen LogP contribution in [0.4, 0.5) is 0 Å².